The lowest BCUT2D eigenvalue weighted by molar-refractivity contribution is -0.121. The number of amides is 1. The lowest BCUT2D eigenvalue weighted by Gasteiger charge is -2.16. The number of carbonyl (C=O) groups excluding carboxylic acids is 1. The van der Waals surface area contributed by atoms with Crippen LogP contribution in [0.15, 0.2) is 59.5 Å². The maximum absolute atomic E-state index is 12.5. The van der Waals surface area contributed by atoms with Gasteiger partial charge in [0.25, 0.3) is 0 Å². The van der Waals surface area contributed by atoms with E-state index in [0.29, 0.717) is 30.8 Å². The molecule has 0 aromatic heterocycles. The van der Waals surface area contributed by atoms with Crippen molar-refractivity contribution in [1.29, 1.82) is 0 Å². The zero-order valence-corrected chi connectivity index (χ0v) is 16.4. The van der Waals surface area contributed by atoms with Crippen molar-refractivity contribution in [3.8, 4) is 0 Å². The van der Waals surface area contributed by atoms with Gasteiger partial charge < -0.3 is 5.32 Å². The number of carbonyl (C=O) groups is 1. The number of aryl methyl sites for hydroxylation is 1. The summed E-state index contributed by atoms with van der Waals surface area (Å²) >= 11 is 0. The molecular formula is C21H26N2O3S. The maximum Gasteiger partial charge on any atom is 0.243 e. The fourth-order valence-electron chi connectivity index (χ4n) is 3.30. The number of nitrogens with zero attached hydrogens (tertiary/aromatic N) is 1. The van der Waals surface area contributed by atoms with Gasteiger partial charge in [-0.25, -0.2) is 8.42 Å². The molecule has 1 atom stereocenters. The van der Waals surface area contributed by atoms with Crippen LogP contribution >= 0.6 is 0 Å². The van der Waals surface area contributed by atoms with Crippen molar-refractivity contribution >= 4 is 15.9 Å². The minimum absolute atomic E-state index is 0.0138. The maximum atomic E-state index is 12.5. The lowest BCUT2D eigenvalue weighted by atomic mass is 10.1. The van der Waals surface area contributed by atoms with E-state index in [1.807, 2.05) is 37.3 Å². The summed E-state index contributed by atoms with van der Waals surface area (Å²) in [6, 6.07) is 16.7. The average Bonchev–Trinajstić information content (AvgIpc) is 3.23. The fraction of sp³-hybridized carbons (Fsp3) is 0.381. The Labute approximate surface area is 161 Å². The largest absolute Gasteiger partial charge is 0.350 e. The second-order valence-electron chi connectivity index (χ2n) is 6.96. The third-order valence-corrected chi connectivity index (χ3v) is 6.86. The SMILES string of the molecule is CC(NC(=O)CCc1ccc(S(=O)(=O)N2CCCC2)cc1)c1ccccc1. The van der Waals surface area contributed by atoms with Gasteiger partial charge in [0.2, 0.25) is 15.9 Å². The first kappa shape index (κ1) is 19.6. The Morgan fingerprint density at radius 2 is 1.67 bits per heavy atom. The highest BCUT2D eigenvalue weighted by atomic mass is 32.2. The van der Waals surface area contributed by atoms with Gasteiger partial charge in [-0.05, 0) is 49.4 Å². The van der Waals surface area contributed by atoms with Crippen molar-refractivity contribution in [3.05, 3.63) is 65.7 Å². The van der Waals surface area contributed by atoms with Crippen molar-refractivity contribution in [2.75, 3.05) is 13.1 Å². The average molecular weight is 387 g/mol. The molecule has 2 aromatic rings. The van der Waals surface area contributed by atoms with Crippen LogP contribution in [-0.2, 0) is 21.2 Å². The molecule has 1 heterocycles. The van der Waals surface area contributed by atoms with Gasteiger partial charge in [0, 0.05) is 19.5 Å². The molecule has 3 rings (SSSR count). The topological polar surface area (TPSA) is 66.5 Å². The predicted octanol–water partition coefficient (Wildman–Crippen LogP) is 3.28. The molecular weight excluding hydrogens is 360 g/mol. The summed E-state index contributed by atoms with van der Waals surface area (Å²) in [5, 5.41) is 3.00. The number of rotatable bonds is 7. The molecule has 5 nitrogen and oxygen atoms in total. The molecule has 0 aliphatic carbocycles. The third-order valence-electron chi connectivity index (χ3n) is 4.94. The first-order valence-electron chi connectivity index (χ1n) is 9.40. The molecule has 0 bridgehead atoms. The molecule has 1 aliphatic rings. The van der Waals surface area contributed by atoms with E-state index in [1.54, 1.807) is 28.6 Å². The molecule has 1 unspecified atom stereocenters. The van der Waals surface area contributed by atoms with E-state index in [0.717, 1.165) is 24.0 Å². The van der Waals surface area contributed by atoms with Crippen LogP contribution in [0.4, 0.5) is 0 Å². The molecule has 2 aromatic carbocycles. The minimum Gasteiger partial charge on any atom is -0.350 e. The highest BCUT2D eigenvalue weighted by Gasteiger charge is 2.26. The Kier molecular flexibility index (Phi) is 6.29. The molecule has 27 heavy (non-hydrogen) atoms. The van der Waals surface area contributed by atoms with E-state index in [-0.39, 0.29) is 11.9 Å². The summed E-state index contributed by atoms with van der Waals surface area (Å²) in [5.41, 5.74) is 2.03. The van der Waals surface area contributed by atoms with Crippen LogP contribution in [0.5, 0.6) is 0 Å². The Hall–Kier alpha value is -2.18. The van der Waals surface area contributed by atoms with Crippen molar-refractivity contribution in [1.82, 2.24) is 9.62 Å². The predicted molar refractivity (Wildman–Crippen MR) is 106 cm³/mol. The Balaban J connectivity index is 1.53. The highest BCUT2D eigenvalue weighted by molar-refractivity contribution is 7.89. The van der Waals surface area contributed by atoms with Crippen molar-refractivity contribution in [3.63, 3.8) is 0 Å². The molecule has 1 N–H and O–H groups in total. The number of nitrogens with one attached hydrogen (secondary N) is 1. The Bertz CT molecular complexity index is 858. The quantitative estimate of drug-likeness (QED) is 0.794. The van der Waals surface area contributed by atoms with Crippen LogP contribution in [0.3, 0.4) is 0 Å². The van der Waals surface area contributed by atoms with Crippen molar-refractivity contribution in [2.45, 2.75) is 43.5 Å². The normalized spacial score (nSPS) is 16.2. The summed E-state index contributed by atoms with van der Waals surface area (Å²) in [7, 11) is -3.38. The monoisotopic (exact) mass is 386 g/mol. The van der Waals surface area contributed by atoms with Crippen LogP contribution in [-0.4, -0.2) is 31.7 Å². The van der Waals surface area contributed by atoms with Crippen LogP contribution < -0.4 is 5.32 Å². The second-order valence-corrected chi connectivity index (χ2v) is 8.89. The highest BCUT2D eigenvalue weighted by Crippen LogP contribution is 2.21. The van der Waals surface area contributed by atoms with E-state index in [2.05, 4.69) is 5.32 Å². The molecule has 144 valence electrons. The minimum atomic E-state index is -3.38. The fourth-order valence-corrected chi connectivity index (χ4v) is 4.82. The Morgan fingerprint density at radius 1 is 1.04 bits per heavy atom. The van der Waals surface area contributed by atoms with E-state index in [4.69, 9.17) is 0 Å². The van der Waals surface area contributed by atoms with Gasteiger partial charge in [-0.15, -0.1) is 0 Å². The van der Waals surface area contributed by atoms with E-state index in [9.17, 15) is 13.2 Å². The van der Waals surface area contributed by atoms with Crippen LogP contribution in [0, 0.1) is 0 Å². The van der Waals surface area contributed by atoms with Gasteiger partial charge in [-0.2, -0.15) is 4.31 Å². The molecule has 1 aliphatic heterocycles. The first-order chi connectivity index (χ1) is 13.0. The number of hydrogen-bond donors (Lipinski definition) is 1. The smallest absolute Gasteiger partial charge is 0.243 e. The van der Waals surface area contributed by atoms with Gasteiger partial charge in [0.05, 0.1) is 10.9 Å². The van der Waals surface area contributed by atoms with E-state index in [1.165, 1.54) is 0 Å². The molecule has 0 spiro atoms. The summed E-state index contributed by atoms with van der Waals surface area (Å²) in [6.45, 7) is 3.17. The van der Waals surface area contributed by atoms with Gasteiger partial charge in [0.15, 0.2) is 0 Å². The van der Waals surface area contributed by atoms with Crippen LogP contribution in [0.2, 0.25) is 0 Å². The van der Waals surface area contributed by atoms with Gasteiger partial charge in [0.1, 0.15) is 0 Å². The number of sulfonamides is 1. The molecule has 0 saturated carbocycles. The number of hydrogen-bond acceptors (Lipinski definition) is 3. The van der Waals surface area contributed by atoms with E-state index >= 15 is 0 Å². The van der Waals surface area contributed by atoms with Crippen molar-refractivity contribution < 1.29 is 13.2 Å². The van der Waals surface area contributed by atoms with Crippen molar-refractivity contribution in [2.24, 2.45) is 0 Å². The zero-order valence-electron chi connectivity index (χ0n) is 15.6. The molecule has 1 saturated heterocycles. The summed E-state index contributed by atoms with van der Waals surface area (Å²) in [5.74, 6) is -0.0138. The molecule has 6 heteroatoms. The van der Waals surface area contributed by atoms with Crippen LogP contribution in [0.1, 0.15) is 43.4 Å². The second kappa shape index (κ2) is 8.67. The number of benzene rings is 2. The lowest BCUT2D eigenvalue weighted by Crippen LogP contribution is -2.27. The molecule has 0 radical (unpaired) electrons. The summed E-state index contributed by atoms with van der Waals surface area (Å²) in [6.07, 6.45) is 2.80. The molecule has 1 fully saturated rings. The zero-order chi connectivity index (χ0) is 19.3. The van der Waals surface area contributed by atoms with Gasteiger partial charge in [-0.3, -0.25) is 4.79 Å². The Morgan fingerprint density at radius 3 is 2.30 bits per heavy atom. The van der Waals surface area contributed by atoms with Gasteiger partial charge >= 0.3 is 0 Å². The molecule has 1 amide bonds. The first-order valence-corrected chi connectivity index (χ1v) is 10.8. The standard InChI is InChI=1S/C21H26N2O3S/c1-17(19-7-3-2-4-8-19)22-21(24)14-11-18-9-12-20(13-10-18)27(25,26)23-15-5-6-16-23/h2-4,7-10,12-13,17H,5-6,11,14-16H2,1H3,(H,22,24). The third kappa shape index (κ3) is 4.96. The summed E-state index contributed by atoms with van der Waals surface area (Å²) < 4.78 is 26.6. The summed E-state index contributed by atoms with van der Waals surface area (Å²) in [4.78, 5) is 12.5. The van der Waals surface area contributed by atoms with Crippen LogP contribution in [0.25, 0.3) is 0 Å². The van der Waals surface area contributed by atoms with E-state index < -0.39 is 10.0 Å². The van der Waals surface area contributed by atoms with Gasteiger partial charge in [-0.1, -0.05) is 42.5 Å².